The van der Waals surface area contributed by atoms with E-state index in [0.717, 1.165) is 73.6 Å². The zero-order valence-electron chi connectivity index (χ0n) is 15.8. The van der Waals surface area contributed by atoms with Gasteiger partial charge in [-0.15, -0.1) is 0 Å². The molecule has 0 radical (unpaired) electrons. The molecule has 2 N–H and O–H groups in total. The van der Waals surface area contributed by atoms with Gasteiger partial charge in [0.15, 0.2) is 11.6 Å². The first kappa shape index (κ1) is 16.8. The predicted octanol–water partition coefficient (Wildman–Crippen LogP) is 2.02. The van der Waals surface area contributed by atoms with Crippen molar-refractivity contribution in [3.05, 3.63) is 30.0 Å². The third-order valence-corrected chi connectivity index (χ3v) is 6.03. The molecule has 142 valence electrons. The summed E-state index contributed by atoms with van der Waals surface area (Å²) in [6.07, 6.45) is 0.985. The van der Waals surface area contributed by atoms with Crippen molar-refractivity contribution < 1.29 is 9.47 Å². The predicted molar refractivity (Wildman–Crippen MR) is 105 cm³/mol. The van der Waals surface area contributed by atoms with Gasteiger partial charge in [-0.25, -0.2) is 9.97 Å². The van der Waals surface area contributed by atoms with Gasteiger partial charge in [0.1, 0.15) is 11.9 Å². The Kier molecular flexibility index (Phi) is 3.77. The first-order valence-corrected chi connectivity index (χ1v) is 9.53. The van der Waals surface area contributed by atoms with Crippen molar-refractivity contribution in [3.63, 3.8) is 0 Å². The second-order valence-corrected chi connectivity index (χ2v) is 7.79. The van der Waals surface area contributed by atoms with E-state index in [2.05, 4.69) is 23.8 Å². The lowest BCUT2D eigenvalue weighted by Gasteiger charge is -2.31. The zero-order valence-corrected chi connectivity index (χ0v) is 15.8. The van der Waals surface area contributed by atoms with Crippen LogP contribution in [0.5, 0.6) is 0 Å². The lowest BCUT2D eigenvalue weighted by Crippen LogP contribution is -2.39. The summed E-state index contributed by atoms with van der Waals surface area (Å²) in [6, 6.07) is 7.78. The van der Waals surface area contributed by atoms with E-state index in [0.29, 0.717) is 0 Å². The molecular formula is C20H25N5O2. The number of nitrogen functional groups attached to an aromatic ring is 1. The first-order valence-electron chi connectivity index (χ1n) is 9.53. The first-order chi connectivity index (χ1) is 13.1. The molecule has 0 aliphatic carbocycles. The highest BCUT2D eigenvalue weighted by Crippen LogP contribution is 2.52. The van der Waals surface area contributed by atoms with Crippen LogP contribution in [-0.2, 0) is 14.9 Å². The highest BCUT2D eigenvalue weighted by molar-refractivity contribution is 5.78. The number of ether oxygens (including phenoxy) is 2. The van der Waals surface area contributed by atoms with Crippen LogP contribution in [0.15, 0.2) is 24.3 Å². The van der Waals surface area contributed by atoms with Gasteiger partial charge < -0.3 is 25.0 Å². The molecule has 4 heterocycles. The highest BCUT2D eigenvalue weighted by Gasteiger charge is 2.54. The van der Waals surface area contributed by atoms with Gasteiger partial charge >= 0.3 is 0 Å². The van der Waals surface area contributed by atoms with Gasteiger partial charge in [-0.1, -0.05) is 0 Å². The van der Waals surface area contributed by atoms with Crippen LogP contribution < -0.4 is 15.5 Å². The number of benzene rings is 1. The van der Waals surface area contributed by atoms with Crippen molar-refractivity contribution in [1.82, 2.24) is 9.97 Å². The Balaban J connectivity index is 1.70. The molecule has 2 aromatic rings. The van der Waals surface area contributed by atoms with E-state index in [-0.39, 0.29) is 11.6 Å². The maximum atomic E-state index is 6.08. The van der Waals surface area contributed by atoms with Crippen molar-refractivity contribution >= 4 is 17.2 Å². The molecule has 2 atom stereocenters. The molecule has 0 bridgehead atoms. The minimum absolute atomic E-state index is 0.0169. The monoisotopic (exact) mass is 367 g/mol. The SMILES string of the molecule is CN1c2c(N3CCOCC3)nc(-c3ccc(N)cc3)nc2C2(C)CCOC12. The molecule has 5 rings (SSSR count). The zero-order chi connectivity index (χ0) is 18.6. The minimum Gasteiger partial charge on any atom is -0.399 e. The summed E-state index contributed by atoms with van der Waals surface area (Å²) in [5.41, 5.74) is 9.67. The van der Waals surface area contributed by atoms with Gasteiger partial charge in [-0.05, 0) is 37.6 Å². The summed E-state index contributed by atoms with van der Waals surface area (Å²) in [7, 11) is 2.09. The Labute approximate surface area is 159 Å². The van der Waals surface area contributed by atoms with Crippen molar-refractivity contribution in [2.45, 2.75) is 25.0 Å². The molecule has 3 aliphatic rings. The minimum atomic E-state index is -0.114. The number of nitrogens with two attached hydrogens (primary N) is 1. The molecule has 7 nitrogen and oxygen atoms in total. The second kappa shape index (κ2) is 6.07. The summed E-state index contributed by atoms with van der Waals surface area (Å²) in [6.45, 7) is 6.13. The van der Waals surface area contributed by atoms with Crippen LogP contribution in [0, 0.1) is 0 Å². The second-order valence-electron chi connectivity index (χ2n) is 7.79. The molecule has 0 spiro atoms. The van der Waals surface area contributed by atoms with Crippen molar-refractivity contribution in [3.8, 4) is 11.4 Å². The summed E-state index contributed by atoms with van der Waals surface area (Å²) >= 11 is 0. The van der Waals surface area contributed by atoms with Gasteiger partial charge in [0, 0.05) is 31.4 Å². The molecule has 2 saturated heterocycles. The molecule has 3 aliphatic heterocycles. The number of anilines is 3. The largest absolute Gasteiger partial charge is 0.399 e. The molecule has 1 aromatic carbocycles. The van der Waals surface area contributed by atoms with E-state index in [1.807, 2.05) is 24.3 Å². The normalized spacial score (nSPS) is 27.0. The van der Waals surface area contributed by atoms with Gasteiger partial charge in [-0.3, -0.25) is 0 Å². The van der Waals surface area contributed by atoms with Gasteiger partial charge in [-0.2, -0.15) is 0 Å². The van der Waals surface area contributed by atoms with E-state index < -0.39 is 0 Å². The van der Waals surface area contributed by atoms with Gasteiger partial charge in [0.25, 0.3) is 0 Å². The van der Waals surface area contributed by atoms with Crippen LogP contribution in [0.3, 0.4) is 0 Å². The average Bonchev–Trinajstić information content (AvgIpc) is 3.18. The Morgan fingerprint density at radius 3 is 2.59 bits per heavy atom. The third-order valence-electron chi connectivity index (χ3n) is 6.03. The number of nitrogens with zero attached hydrogens (tertiary/aromatic N) is 4. The van der Waals surface area contributed by atoms with Crippen LogP contribution in [0.2, 0.25) is 0 Å². The fraction of sp³-hybridized carbons (Fsp3) is 0.500. The molecule has 1 aromatic heterocycles. The molecule has 27 heavy (non-hydrogen) atoms. The van der Waals surface area contributed by atoms with Crippen LogP contribution in [0.4, 0.5) is 17.2 Å². The standard InChI is InChI=1S/C20H25N5O2/c1-20-7-10-27-19(20)24(2)15-16(20)22-17(13-3-5-14(21)6-4-13)23-18(15)25-8-11-26-12-9-25/h3-6,19H,7-12,21H2,1-2H3. The van der Waals surface area contributed by atoms with Crippen LogP contribution in [0.25, 0.3) is 11.4 Å². The highest BCUT2D eigenvalue weighted by atomic mass is 16.5. The average molecular weight is 367 g/mol. The quantitative estimate of drug-likeness (QED) is 0.814. The topological polar surface area (TPSA) is 76.7 Å². The summed E-state index contributed by atoms with van der Waals surface area (Å²) < 4.78 is 11.6. The Morgan fingerprint density at radius 2 is 1.85 bits per heavy atom. The Bertz CT molecular complexity index is 865. The summed E-state index contributed by atoms with van der Waals surface area (Å²) in [4.78, 5) is 14.6. The Morgan fingerprint density at radius 1 is 1.11 bits per heavy atom. The van der Waals surface area contributed by atoms with Crippen molar-refractivity contribution in [1.29, 1.82) is 0 Å². The molecule has 2 fully saturated rings. The smallest absolute Gasteiger partial charge is 0.161 e. The number of morpholine rings is 1. The fourth-order valence-electron chi connectivity index (χ4n) is 4.50. The molecule has 2 unspecified atom stereocenters. The molecule has 7 heteroatoms. The Hall–Kier alpha value is -2.38. The number of aromatic nitrogens is 2. The fourth-order valence-corrected chi connectivity index (χ4v) is 4.50. The van der Waals surface area contributed by atoms with E-state index in [1.165, 1.54) is 0 Å². The van der Waals surface area contributed by atoms with Gasteiger partial charge in [0.2, 0.25) is 0 Å². The van der Waals surface area contributed by atoms with E-state index >= 15 is 0 Å². The van der Waals surface area contributed by atoms with Crippen molar-refractivity contribution in [2.24, 2.45) is 0 Å². The lowest BCUT2D eigenvalue weighted by atomic mass is 9.85. The lowest BCUT2D eigenvalue weighted by molar-refractivity contribution is 0.0914. The maximum Gasteiger partial charge on any atom is 0.161 e. The van der Waals surface area contributed by atoms with Crippen molar-refractivity contribution in [2.75, 3.05) is 55.5 Å². The third kappa shape index (κ3) is 2.49. The number of likely N-dealkylation sites (N-methyl/N-ethyl adjacent to an activating group) is 1. The number of hydrogen-bond donors (Lipinski definition) is 1. The van der Waals surface area contributed by atoms with E-state index in [4.69, 9.17) is 25.2 Å². The maximum absolute atomic E-state index is 6.08. The molecular weight excluding hydrogens is 342 g/mol. The van der Waals surface area contributed by atoms with E-state index in [1.54, 1.807) is 0 Å². The summed E-state index contributed by atoms with van der Waals surface area (Å²) in [5, 5.41) is 0. The number of hydrogen-bond acceptors (Lipinski definition) is 7. The number of fused-ring (bicyclic) bond motifs is 3. The van der Waals surface area contributed by atoms with Gasteiger partial charge in [0.05, 0.1) is 30.9 Å². The van der Waals surface area contributed by atoms with Crippen LogP contribution in [-0.4, -0.2) is 56.2 Å². The number of rotatable bonds is 2. The van der Waals surface area contributed by atoms with Crippen LogP contribution >= 0.6 is 0 Å². The van der Waals surface area contributed by atoms with E-state index in [9.17, 15) is 0 Å². The molecule has 0 amide bonds. The summed E-state index contributed by atoms with van der Waals surface area (Å²) in [5.74, 6) is 1.73. The van der Waals surface area contributed by atoms with Crippen LogP contribution in [0.1, 0.15) is 19.0 Å². The molecule has 0 saturated carbocycles.